The number of hydrogen-bond donors (Lipinski definition) is 1. The molecule has 0 aliphatic carbocycles. The maximum absolute atomic E-state index is 12.7. The molecule has 0 spiro atoms. The van der Waals surface area contributed by atoms with Crippen LogP contribution in [-0.4, -0.2) is 18.2 Å². The van der Waals surface area contributed by atoms with Gasteiger partial charge in [0.2, 0.25) is 0 Å². The van der Waals surface area contributed by atoms with Crippen LogP contribution < -0.4 is 5.32 Å². The fraction of sp³-hybridized carbons (Fsp3) is 0.0476. The topological polar surface area (TPSA) is 41.5 Å². The highest BCUT2D eigenvalue weighted by molar-refractivity contribution is 6.12. The molecule has 1 heterocycles. The molecule has 0 saturated heterocycles. The van der Waals surface area contributed by atoms with Gasteiger partial charge in [0.25, 0.3) is 0 Å². The molecule has 1 N–H and O–H groups in total. The molecule has 0 saturated carbocycles. The van der Waals surface area contributed by atoms with Crippen LogP contribution in [-0.2, 0) is 0 Å². The Morgan fingerprint density at radius 3 is 2.38 bits per heavy atom. The summed E-state index contributed by atoms with van der Waals surface area (Å²) in [5.41, 5.74) is 2.39. The number of carbonyl (C=O) groups is 1. The number of carbonyl (C=O) groups excluding carboxylic acids is 1. The molecule has 3 nitrogen and oxygen atoms in total. The fourth-order valence-electron chi connectivity index (χ4n) is 2.83. The van der Waals surface area contributed by atoms with Crippen LogP contribution in [0.25, 0.3) is 10.8 Å². The van der Waals surface area contributed by atoms with Crippen molar-refractivity contribution in [1.29, 1.82) is 0 Å². The van der Waals surface area contributed by atoms with Gasteiger partial charge in [0, 0.05) is 22.9 Å². The molecule has 0 atom stereocenters. The largest absolute Gasteiger partial charge is 0.346 e. The number of hydrogen-bond acceptors (Lipinski definition) is 3. The van der Waals surface area contributed by atoms with Gasteiger partial charge >= 0.3 is 0 Å². The number of Topliss-reactive ketones (excluding diaryl/α,β-unsaturated/α-hetero) is 1. The van der Waals surface area contributed by atoms with Gasteiger partial charge in [-0.15, -0.1) is 0 Å². The lowest BCUT2D eigenvalue weighted by molar-refractivity contribution is 0.103. The maximum atomic E-state index is 12.7. The van der Waals surface area contributed by atoms with Crippen molar-refractivity contribution in [1.82, 2.24) is 5.32 Å². The van der Waals surface area contributed by atoms with Gasteiger partial charge in [-0.2, -0.15) is 0 Å². The molecule has 0 unspecified atom stereocenters. The second kappa shape index (κ2) is 6.13. The van der Waals surface area contributed by atoms with Crippen molar-refractivity contribution in [2.75, 3.05) is 6.54 Å². The average Bonchev–Trinajstić information content (AvgIpc) is 2.68. The van der Waals surface area contributed by atoms with E-state index in [1.807, 2.05) is 72.8 Å². The van der Waals surface area contributed by atoms with Crippen molar-refractivity contribution in [3.63, 3.8) is 0 Å². The summed E-state index contributed by atoms with van der Waals surface area (Å²) in [6.45, 7) is 0.392. The molecule has 4 rings (SSSR count). The van der Waals surface area contributed by atoms with Gasteiger partial charge in [0.15, 0.2) is 5.78 Å². The van der Waals surface area contributed by atoms with Gasteiger partial charge < -0.3 is 5.32 Å². The lowest BCUT2D eigenvalue weighted by Gasteiger charge is -2.14. The Morgan fingerprint density at radius 1 is 0.875 bits per heavy atom. The standard InChI is InChI=1S/C21H16N2O/c24-20(18-11-10-15-6-4-5-9-17(15)12-18)19-13-22-21(23-14-19)16-7-2-1-3-8-16/h1-13H,14H2,(H,22,23). The minimum Gasteiger partial charge on any atom is -0.346 e. The van der Waals surface area contributed by atoms with Gasteiger partial charge in [-0.05, 0) is 16.8 Å². The number of nitrogens with one attached hydrogen (secondary N) is 1. The quantitative estimate of drug-likeness (QED) is 0.744. The number of fused-ring (bicyclic) bond motifs is 1. The van der Waals surface area contributed by atoms with Crippen LogP contribution in [0.4, 0.5) is 0 Å². The van der Waals surface area contributed by atoms with E-state index >= 15 is 0 Å². The zero-order valence-corrected chi connectivity index (χ0v) is 13.1. The van der Waals surface area contributed by atoms with Crippen molar-refractivity contribution in [2.45, 2.75) is 0 Å². The smallest absolute Gasteiger partial charge is 0.192 e. The molecular formula is C21H16N2O. The molecule has 1 aliphatic heterocycles. The molecule has 3 aromatic rings. The monoisotopic (exact) mass is 312 g/mol. The van der Waals surface area contributed by atoms with Gasteiger partial charge in [0.05, 0.1) is 6.54 Å². The molecule has 0 bridgehead atoms. The van der Waals surface area contributed by atoms with Crippen LogP contribution in [0.15, 0.2) is 89.6 Å². The Morgan fingerprint density at radius 2 is 1.62 bits per heavy atom. The molecule has 0 amide bonds. The lowest BCUT2D eigenvalue weighted by atomic mass is 10.00. The van der Waals surface area contributed by atoms with E-state index in [0.29, 0.717) is 17.7 Å². The van der Waals surface area contributed by atoms with Gasteiger partial charge in [-0.3, -0.25) is 9.79 Å². The average molecular weight is 312 g/mol. The Bertz CT molecular complexity index is 971. The van der Waals surface area contributed by atoms with E-state index in [2.05, 4.69) is 10.3 Å². The van der Waals surface area contributed by atoms with E-state index < -0.39 is 0 Å². The first kappa shape index (κ1) is 14.4. The second-order valence-corrected chi connectivity index (χ2v) is 5.74. The minimum absolute atomic E-state index is 0.0177. The summed E-state index contributed by atoms with van der Waals surface area (Å²) in [5.74, 6) is 0.815. The van der Waals surface area contributed by atoms with Crippen LogP contribution in [0, 0.1) is 0 Å². The highest BCUT2D eigenvalue weighted by Gasteiger charge is 2.16. The Kier molecular flexibility index (Phi) is 3.67. The fourth-order valence-corrected chi connectivity index (χ4v) is 2.83. The number of nitrogens with zero attached hydrogens (tertiary/aromatic N) is 1. The van der Waals surface area contributed by atoms with E-state index in [0.717, 1.165) is 22.2 Å². The molecule has 0 aromatic heterocycles. The van der Waals surface area contributed by atoms with Crippen LogP contribution in [0.2, 0.25) is 0 Å². The Hall–Kier alpha value is -3.20. The number of rotatable bonds is 3. The zero-order chi connectivity index (χ0) is 16.4. The number of amidine groups is 1. The number of ketones is 1. The highest BCUT2D eigenvalue weighted by atomic mass is 16.1. The van der Waals surface area contributed by atoms with Crippen molar-refractivity contribution in [3.8, 4) is 0 Å². The zero-order valence-electron chi connectivity index (χ0n) is 13.1. The molecule has 116 valence electrons. The minimum atomic E-state index is 0.0177. The maximum Gasteiger partial charge on any atom is 0.192 e. The highest BCUT2D eigenvalue weighted by Crippen LogP contribution is 2.19. The third-order valence-electron chi connectivity index (χ3n) is 4.14. The van der Waals surface area contributed by atoms with E-state index in [-0.39, 0.29) is 5.78 Å². The first-order valence-corrected chi connectivity index (χ1v) is 7.90. The molecule has 1 aliphatic rings. The van der Waals surface area contributed by atoms with E-state index in [4.69, 9.17) is 0 Å². The first-order valence-electron chi connectivity index (χ1n) is 7.90. The third kappa shape index (κ3) is 2.72. The summed E-state index contributed by atoms with van der Waals surface area (Å²) >= 11 is 0. The van der Waals surface area contributed by atoms with E-state index in [1.54, 1.807) is 6.20 Å². The second-order valence-electron chi connectivity index (χ2n) is 5.74. The first-order chi connectivity index (χ1) is 11.8. The Balaban J connectivity index is 1.56. The summed E-state index contributed by atoms with van der Waals surface area (Å²) in [6, 6.07) is 23.7. The summed E-state index contributed by atoms with van der Waals surface area (Å²) < 4.78 is 0. The summed E-state index contributed by atoms with van der Waals surface area (Å²) in [5, 5.41) is 5.34. The van der Waals surface area contributed by atoms with Crippen LogP contribution in [0.3, 0.4) is 0 Å². The van der Waals surface area contributed by atoms with Gasteiger partial charge in [-0.25, -0.2) is 0 Å². The van der Waals surface area contributed by atoms with Crippen molar-refractivity contribution < 1.29 is 4.79 Å². The molecule has 3 aromatic carbocycles. The van der Waals surface area contributed by atoms with Gasteiger partial charge in [0.1, 0.15) is 5.84 Å². The molecular weight excluding hydrogens is 296 g/mol. The molecule has 0 fully saturated rings. The van der Waals surface area contributed by atoms with E-state index in [9.17, 15) is 4.79 Å². The summed E-state index contributed by atoms with van der Waals surface area (Å²) in [6.07, 6.45) is 1.77. The van der Waals surface area contributed by atoms with Crippen LogP contribution >= 0.6 is 0 Å². The van der Waals surface area contributed by atoms with Crippen molar-refractivity contribution in [3.05, 3.63) is 95.7 Å². The predicted octanol–water partition coefficient (Wildman–Crippen LogP) is 3.96. The van der Waals surface area contributed by atoms with Crippen molar-refractivity contribution in [2.24, 2.45) is 4.99 Å². The third-order valence-corrected chi connectivity index (χ3v) is 4.14. The molecule has 0 radical (unpaired) electrons. The summed E-state index contributed by atoms with van der Waals surface area (Å²) in [7, 11) is 0. The molecule has 24 heavy (non-hydrogen) atoms. The summed E-state index contributed by atoms with van der Waals surface area (Å²) in [4.78, 5) is 17.2. The Labute approximate surface area is 140 Å². The number of benzene rings is 3. The normalized spacial score (nSPS) is 13.8. The van der Waals surface area contributed by atoms with E-state index in [1.165, 1.54) is 0 Å². The van der Waals surface area contributed by atoms with Crippen molar-refractivity contribution >= 4 is 22.4 Å². The lowest BCUT2D eigenvalue weighted by Crippen LogP contribution is -2.26. The SMILES string of the molecule is O=C(C1=CNC(c2ccccc2)=NC1)c1ccc2ccccc2c1. The molecule has 3 heteroatoms. The van der Waals surface area contributed by atoms with Gasteiger partial charge in [-0.1, -0.05) is 66.7 Å². The van der Waals surface area contributed by atoms with Crippen LogP contribution in [0.5, 0.6) is 0 Å². The number of aliphatic imine (C=N–C) groups is 1. The van der Waals surface area contributed by atoms with Crippen LogP contribution in [0.1, 0.15) is 15.9 Å². The predicted molar refractivity (Wildman–Crippen MR) is 97.3 cm³/mol.